The number of ether oxygens (including phenoxy) is 2. The molecule has 23 heavy (non-hydrogen) atoms. The molecule has 0 radical (unpaired) electrons. The molecule has 0 N–H and O–H groups in total. The first kappa shape index (κ1) is 18.0. The fourth-order valence-electron chi connectivity index (χ4n) is 3.84. The van der Waals surface area contributed by atoms with Gasteiger partial charge in [-0.2, -0.15) is 0 Å². The molecule has 2 aliphatic rings. The van der Waals surface area contributed by atoms with Crippen molar-refractivity contribution in [2.24, 2.45) is 34.5 Å². The highest BCUT2D eigenvalue weighted by atomic mass is 16.5. The molecule has 0 saturated heterocycles. The van der Waals surface area contributed by atoms with E-state index in [1.54, 1.807) is 0 Å². The minimum absolute atomic E-state index is 0.0452. The van der Waals surface area contributed by atoms with E-state index in [1.807, 2.05) is 41.5 Å². The van der Waals surface area contributed by atoms with Crippen LogP contribution in [0.3, 0.4) is 0 Å². The summed E-state index contributed by atoms with van der Waals surface area (Å²) in [7, 11) is 0. The lowest BCUT2D eigenvalue weighted by molar-refractivity contribution is -0.181. The van der Waals surface area contributed by atoms with Gasteiger partial charge in [-0.1, -0.05) is 39.8 Å². The topological polar surface area (TPSA) is 52.6 Å². The van der Waals surface area contributed by atoms with Crippen molar-refractivity contribution in [2.75, 3.05) is 13.2 Å². The number of hydrogen-bond donors (Lipinski definition) is 0. The molecule has 130 valence electrons. The van der Waals surface area contributed by atoms with Gasteiger partial charge >= 0.3 is 11.9 Å². The lowest BCUT2D eigenvalue weighted by atomic mass is 9.59. The van der Waals surface area contributed by atoms with Gasteiger partial charge in [0.2, 0.25) is 0 Å². The fourth-order valence-corrected chi connectivity index (χ4v) is 3.84. The summed E-state index contributed by atoms with van der Waals surface area (Å²) in [5.74, 6) is 0.0956. The van der Waals surface area contributed by atoms with Crippen molar-refractivity contribution in [3.8, 4) is 0 Å². The van der Waals surface area contributed by atoms with Gasteiger partial charge < -0.3 is 9.47 Å². The summed E-state index contributed by atoms with van der Waals surface area (Å²) in [5.41, 5.74) is -1.70. The average Bonchev–Trinajstić information content (AvgIpc) is 3.04. The molecule has 4 unspecified atom stereocenters. The predicted molar refractivity (Wildman–Crippen MR) is 88.5 cm³/mol. The minimum Gasteiger partial charge on any atom is -0.465 e. The molecule has 2 bridgehead atoms. The second-order valence-electron chi connectivity index (χ2n) is 8.22. The Labute approximate surface area is 139 Å². The molecule has 0 amide bonds. The molecule has 2 rings (SSSR count). The zero-order valence-corrected chi connectivity index (χ0v) is 15.2. The highest BCUT2D eigenvalue weighted by Gasteiger charge is 2.69. The molecule has 2 aliphatic carbocycles. The van der Waals surface area contributed by atoms with Crippen molar-refractivity contribution in [2.45, 2.75) is 48.0 Å². The van der Waals surface area contributed by atoms with Crippen LogP contribution in [0.1, 0.15) is 48.0 Å². The normalized spacial score (nSPS) is 35.1. The van der Waals surface area contributed by atoms with Gasteiger partial charge in [0.05, 0.1) is 24.0 Å². The Balaban J connectivity index is 2.26. The Morgan fingerprint density at radius 3 is 1.57 bits per heavy atom. The molecular formula is C19H30O4. The number of hydrogen-bond acceptors (Lipinski definition) is 4. The molecule has 1 saturated carbocycles. The van der Waals surface area contributed by atoms with Gasteiger partial charge in [0.15, 0.2) is 0 Å². The first-order chi connectivity index (χ1) is 10.6. The van der Waals surface area contributed by atoms with Gasteiger partial charge in [-0.3, -0.25) is 9.59 Å². The Morgan fingerprint density at radius 2 is 1.26 bits per heavy atom. The van der Waals surface area contributed by atoms with Crippen LogP contribution in [0, 0.1) is 34.5 Å². The second kappa shape index (κ2) is 6.29. The highest BCUT2D eigenvalue weighted by Crippen LogP contribution is 2.64. The van der Waals surface area contributed by atoms with E-state index in [9.17, 15) is 9.59 Å². The van der Waals surface area contributed by atoms with Crippen molar-refractivity contribution in [1.82, 2.24) is 0 Å². The summed E-state index contributed by atoms with van der Waals surface area (Å²) >= 11 is 0. The number of fused-ring (bicyclic) bond motifs is 2. The summed E-state index contributed by atoms with van der Waals surface area (Å²) in [6, 6.07) is 0. The van der Waals surface area contributed by atoms with Crippen LogP contribution in [0.4, 0.5) is 0 Å². The van der Waals surface area contributed by atoms with Crippen molar-refractivity contribution in [1.29, 1.82) is 0 Å². The van der Waals surface area contributed by atoms with Gasteiger partial charge in [-0.15, -0.1) is 0 Å². The molecule has 0 aromatic heterocycles. The second-order valence-corrected chi connectivity index (χ2v) is 8.22. The van der Waals surface area contributed by atoms with E-state index >= 15 is 0 Å². The van der Waals surface area contributed by atoms with Gasteiger partial charge in [0.1, 0.15) is 0 Å². The lowest BCUT2D eigenvalue weighted by Gasteiger charge is -2.43. The molecule has 0 heterocycles. The maximum absolute atomic E-state index is 12.9. The summed E-state index contributed by atoms with van der Waals surface area (Å²) in [6.07, 6.45) is 4.96. The van der Waals surface area contributed by atoms with Crippen molar-refractivity contribution >= 4 is 11.9 Å². The SMILES string of the molecule is CC(C)COC(=O)C1(C)C2C=CC(C2)C1(C)C(=O)OCC(C)C. The van der Waals surface area contributed by atoms with E-state index in [2.05, 4.69) is 12.2 Å². The average molecular weight is 322 g/mol. The first-order valence-corrected chi connectivity index (χ1v) is 8.66. The third-order valence-electron chi connectivity index (χ3n) is 5.59. The zero-order valence-electron chi connectivity index (χ0n) is 15.2. The quantitative estimate of drug-likeness (QED) is 0.554. The van der Waals surface area contributed by atoms with Gasteiger partial charge in [0, 0.05) is 0 Å². The van der Waals surface area contributed by atoms with Crippen molar-refractivity contribution in [3.63, 3.8) is 0 Å². The van der Waals surface area contributed by atoms with Crippen LogP contribution in [0.5, 0.6) is 0 Å². The maximum atomic E-state index is 12.9. The number of allylic oxidation sites excluding steroid dienone is 2. The van der Waals surface area contributed by atoms with Crippen LogP contribution >= 0.6 is 0 Å². The minimum atomic E-state index is -0.852. The first-order valence-electron chi connectivity index (χ1n) is 8.66. The maximum Gasteiger partial charge on any atom is 0.313 e. The van der Waals surface area contributed by atoms with Crippen molar-refractivity contribution in [3.05, 3.63) is 12.2 Å². The molecule has 0 aliphatic heterocycles. The number of carbonyl (C=O) groups excluding carboxylic acids is 2. The summed E-state index contributed by atoms with van der Waals surface area (Å²) in [6.45, 7) is 12.5. The van der Waals surface area contributed by atoms with Gasteiger partial charge in [-0.05, 0) is 43.9 Å². The van der Waals surface area contributed by atoms with E-state index in [4.69, 9.17) is 9.47 Å². The molecule has 4 heteroatoms. The number of carbonyl (C=O) groups is 2. The smallest absolute Gasteiger partial charge is 0.313 e. The van der Waals surface area contributed by atoms with Crippen LogP contribution in [0.25, 0.3) is 0 Å². The molecule has 0 aromatic carbocycles. The Kier molecular flexibility index (Phi) is 4.93. The largest absolute Gasteiger partial charge is 0.465 e. The van der Waals surface area contributed by atoms with Crippen LogP contribution < -0.4 is 0 Å². The predicted octanol–water partition coefficient (Wildman–Crippen LogP) is 3.60. The number of esters is 2. The van der Waals surface area contributed by atoms with Crippen LogP contribution in [0.2, 0.25) is 0 Å². The summed E-state index contributed by atoms with van der Waals surface area (Å²) in [5, 5.41) is 0. The van der Waals surface area contributed by atoms with Crippen LogP contribution in [-0.4, -0.2) is 25.2 Å². The molecule has 4 nitrogen and oxygen atoms in total. The Morgan fingerprint density at radius 1 is 0.913 bits per heavy atom. The third kappa shape index (κ3) is 2.81. The van der Waals surface area contributed by atoms with Gasteiger partial charge in [-0.25, -0.2) is 0 Å². The standard InChI is InChI=1S/C19H30O4/c1-12(2)10-22-16(20)18(5)14-7-8-15(9-14)19(18,6)17(21)23-11-13(3)4/h7-8,12-15H,9-11H2,1-6H3. The highest BCUT2D eigenvalue weighted by molar-refractivity contribution is 5.90. The molecule has 1 fully saturated rings. The molecule has 4 atom stereocenters. The van der Waals surface area contributed by atoms with Crippen LogP contribution in [-0.2, 0) is 19.1 Å². The Hall–Kier alpha value is -1.32. The summed E-state index contributed by atoms with van der Waals surface area (Å²) < 4.78 is 11.1. The van der Waals surface area contributed by atoms with Gasteiger partial charge in [0.25, 0.3) is 0 Å². The van der Waals surface area contributed by atoms with E-state index in [0.717, 1.165) is 6.42 Å². The zero-order chi connectivity index (χ0) is 17.4. The Bertz CT molecular complexity index is 463. The van der Waals surface area contributed by atoms with E-state index in [-0.39, 0.29) is 35.6 Å². The van der Waals surface area contributed by atoms with E-state index < -0.39 is 10.8 Å². The van der Waals surface area contributed by atoms with Crippen LogP contribution in [0.15, 0.2) is 12.2 Å². The summed E-state index contributed by atoms with van der Waals surface area (Å²) in [4.78, 5) is 25.7. The molecule has 0 aromatic rings. The molecular weight excluding hydrogens is 292 g/mol. The monoisotopic (exact) mass is 322 g/mol. The van der Waals surface area contributed by atoms with E-state index in [0.29, 0.717) is 13.2 Å². The third-order valence-corrected chi connectivity index (χ3v) is 5.59. The fraction of sp³-hybridized carbons (Fsp3) is 0.789. The van der Waals surface area contributed by atoms with E-state index in [1.165, 1.54) is 0 Å². The lowest BCUT2D eigenvalue weighted by Crippen LogP contribution is -2.53. The number of rotatable bonds is 6. The molecule has 0 spiro atoms. The van der Waals surface area contributed by atoms with Crippen molar-refractivity contribution < 1.29 is 19.1 Å².